The summed E-state index contributed by atoms with van der Waals surface area (Å²) < 4.78 is 0. The van der Waals surface area contributed by atoms with E-state index in [1.165, 1.54) is 0 Å². The Labute approximate surface area is 118 Å². The average Bonchev–Trinajstić information content (AvgIpc) is 2.46. The van der Waals surface area contributed by atoms with E-state index in [0.717, 1.165) is 52.1 Å². The van der Waals surface area contributed by atoms with Crippen molar-refractivity contribution in [2.75, 3.05) is 39.3 Å². The molecule has 1 N–H and O–H groups in total. The molecule has 1 atom stereocenters. The zero-order valence-electron chi connectivity index (χ0n) is 13.1. The summed E-state index contributed by atoms with van der Waals surface area (Å²) in [7, 11) is 0. The Morgan fingerprint density at radius 2 is 1.68 bits per heavy atom. The number of hydrogen-bond donors (Lipinski definition) is 1. The van der Waals surface area contributed by atoms with Crippen LogP contribution in [0.15, 0.2) is 0 Å². The lowest BCUT2D eigenvalue weighted by atomic mass is 10.0. The Kier molecular flexibility index (Phi) is 7.39. The van der Waals surface area contributed by atoms with E-state index in [2.05, 4.69) is 42.8 Å². The summed E-state index contributed by atoms with van der Waals surface area (Å²) in [6, 6.07) is 0.442. The van der Waals surface area contributed by atoms with Gasteiger partial charge in [0, 0.05) is 44.7 Å². The Morgan fingerprint density at radius 1 is 1.11 bits per heavy atom. The molecule has 1 amide bonds. The van der Waals surface area contributed by atoms with Crippen molar-refractivity contribution >= 4 is 5.91 Å². The number of carbonyl (C=O) groups excluding carboxylic acids is 1. The van der Waals surface area contributed by atoms with Crippen molar-refractivity contribution in [3.63, 3.8) is 0 Å². The summed E-state index contributed by atoms with van der Waals surface area (Å²) in [5.74, 6) is 0.410. The van der Waals surface area contributed by atoms with Gasteiger partial charge >= 0.3 is 0 Å². The lowest BCUT2D eigenvalue weighted by Gasteiger charge is -2.37. The molecular formula is C15H31N3O. The van der Waals surface area contributed by atoms with Gasteiger partial charge in [-0.2, -0.15) is 0 Å². The smallest absolute Gasteiger partial charge is 0.223 e. The first kappa shape index (κ1) is 16.4. The number of nitrogens with zero attached hydrogens (tertiary/aromatic N) is 2. The van der Waals surface area contributed by atoms with Crippen LogP contribution in [0.3, 0.4) is 0 Å². The molecule has 0 radical (unpaired) electrons. The predicted octanol–water partition coefficient (Wildman–Crippen LogP) is 1.56. The van der Waals surface area contributed by atoms with Crippen molar-refractivity contribution in [2.24, 2.45) is 5.92 Å². The highest BCUT2D eigenvalue weighted by atomic mass is 16.1. The first-order valence-electron chi connectivity index (χ1n) is 7.86. The molecule has 0 spiro atoms. The molecule has 4 heteroatoms. The molecule has 4 nitrogen and oxygen atoms in total. The molecule has 1 fully saturated rings. The lowest BCUT2D eigenvalue weighted by Crippen LogP contribution is -2.52. The number of hydrogen-bond acceptors (Lipinski definition) is 3. The molecule has 0 aromatic rings. The van der Waals surface area contributed by atoms with E-state index in [9.17, 15) is 4.79 Å². The molecule has 112 valence electrons. The van der Waals surface area contributed by atoms with Crippen LogP contribution >= 0.6 is 0 Å². The highest BCUT2D eigenvalue weighted by molar-refractivity contribution is 5.78. The van der Waals surface area contributed by atoms with E-state index in [1.54, 1.807) is 0 Å². The molecule has 1 aliphatic rings. The average molecular weight is 269 g/mol. The van der Waals surface area contributed by atoms with Crippen molar-refractivity contribution < 1.29 is 4.79 Å². The van der Waals surface area contributed by atoms with Crippen molar-refractivity contribution in [1.82, 2.24) is 15.1 Å². The van der Waals surface area contributed by atoms with E-state index in [-0.39, 0.29) is 11.8 Å². The van der Waals surface area contributed by atoms with E-state index in [1.807, 2.05) is 0 Å². The maximum Gasteiger partial charge on any atom is 0.223 e. The number of carbonyl (C=O) groups is 1. The minimum atomic E-state index is 0.184. The van der Waals surface area contributed by atoms with Crippen LogP contribution in [0.1, 0.15) is 40.5 Å². The zero-order chi connectivity index (χ0) is 14.3. The summed E-state index contributed by atoms with van der Waals surface area (Å²) in [6.45, 7) is 15.1. The summed E-state index contributed by atoms with van der Waals surface area (Å²) >= 11 is 0. The summed E-state index contributed by atoms with van der Waals surface area (Å²) in [5, 5.41) is 3.11. The highest BCUT2D eigenvalue weighted by Crippen LogP contribution is 2.08. The standard InChI is InChI=1S/C15H31N3O/c1-5-14(6-2)15(19)16-12-13(4)18-10-8-17(7-3)9-11-18/h13-14H,5-12H2,1-4H3,(H,16,19)/t13-/m1/s1. The van der Waals surface area contributed by atoms with Crippen molar-refractivity contribution in [2.45, 2.75) is 46.6 Å². The number of rotatable bonds is 7. The van der Waals surface area contributed by atoms with Gasteiger partial charge in [0.2, 0.25) is 5.91 Å². The number of nitrogens with one attached hydrogen (secondary N) is 1. The molecule has 1 rings (SSSR count). The van der Waals surface area contributed by atoms with Crippen molar-refractivity contribution in [1.29, 1.82) is 0 Å². The summed E-state index contributed by atoms with van der Waals surface area (Å²) in [4.78, 5) is 16.9. The molecule has 0 bridgehead atoms. The van der Waals surface area contributed by atoms with Crippen LogP contribution in [-0.2, 0) is 4.79 Å². The zero-order valence-corrected chi connectivity index (χ0v) is 13.1. The minimum Gasteiger partial charge on any atom is -0.354 e. The number of piperazine rings is 1. The van der Waals surface area contributed by atoms with Gasteiger partial charge in [-0.25, -0.2) is 0 Å². The van der Waals surface area contributed by atoms with Gasteiger partial charge in [-0.1, -0.05) is 20.8 Å². The first-order chi connectivity index (χ1) is 9.12. The topological polar surface area (TPSA) is 35.6 Å². The molecule has 0 aromatic carbocycles. The maximum absolute atomic E-state index is 12.0. The van der Waals surface area contributed by atoms with E-state index >= 15 is 0 Å². The SMILES string of the molecule is CCC(CC)C(=O)NC[C@@H](C)N1CCN(CC)CC1. The van der Waals surface area contributed by atoms with E-state index in [0.29, 0.717) is 6.04 Å². The molecule has 1 saturated heterocycles. The van der Waals surface area contributed by atoms with Gasteiger partial charge in [-0.15, -0.1) is 0 Å². The van der Waals surface area contributed by atoms with Gasteiger partial charge in [0.05, 0.1) is 0 Å². The molecule has 0 unspecified atom stereocenters. The number of likely N-dealkylation sites (N-methyl/N-ethyl adjacent to an activating group) is 1. The second-order valence-corrected chi connectivity index (χ2v) is 5.58. The van der Waals surface area contributed by atoms with E-state index in [4.69, 9.17) is 0 Å². The fraction of sp³-hybridized carbons (Fsp3) is 0.933. The van der Waals surface area contributed by atoms with E-state index < -0.39 is 0 Å². The third-order valence-corrected chi connectivity index (χ3v) is 4.41. The minimum absolute atomic E-state index is 0.184. The molecule has 0 saturated carbocycles. The van der Waals surface area contributed by atoms with Crippen LogP contribution in [0.25, 0.3) is 0 Å². The third kappa shape index (κ3) is 5.11. The second kappa shape index (κ2) is 8.54. The summed E-state index contributed by atoms with van der Waals surface area (Å²) in [5.41, 5.74) is 0. The lowest BCUT2D eigenvalue weighted by molar-refractivity contribution is -0.125. The molecule has 1 heterocycles. The van der Waals surface area contributed by atoms with Gasteiger partial charge in [0.1, 0.15) is 0 Å². The van der Waals surface area contributed by atoms with Crippen LogP contribution in [0.4, 0.5) is 0 Å². The third-order valence-electron chi connectivity index (χ3n) is 4.41. The second-order valence-electron chi connectivity index (χ2n) is 5.58. The molecule has 0 aromatic heterocycles. The number of amides is 1. The molecule has 1 aliphatic heterocycles. The van der Waals surface area contributed by atoms with Gasteiger partial charge in [0.15, 0.2) is 0 Å². The van der Waals surface area contributed by atoms with Crippen LogP contribution in [0.2, 0.25) is 0 Å². The maximum atomic E-state index is 12.0. The Hall–Kier alpha value is -0.610. The molecule has 0 aliphatic carbocycles. The Balaban J connectivity index is 2.28. The van der Waals surface area contributed by atoms with Gasteiger partial charge < -0.3 is 10.2 Å². The van der Waals surface area contributed by atoms with Crippen LogP contribution in [0, 0.1) is 5.92 Å². The van der Waals surface area contributed by atoms with Crippen molar-refractivity contribution in [3.8, 4) is 0 Å². The van der Waals surface area contributed by atoms with Gasteiger partial charge in [-0.05, 0) is 26.3 Å². The van der Waals surface area contributed by atoms with Crippen LogP contribution in [-0.4, -0.2) is 61.0 Å². The van der Waals surface area contributed by atoms with Crippen LogP contribution < -0.4 is 5.32 Å². The quantitative estimate of drug-likeness (QED) is 0.762. The Bertz CT molecular complexity index is 258. The van der Waals surface area contributed by atoms with Gasteiger partial charge in [-0.3, -0.25) is 9.69 Å². The fourth-order valence-corrected chi connectivity index (χ4v) is 2.70. The predicted molar refractivity (Wildman–Crippen MR) is 80.2 cm³/mol. The first-order valence-corrected chi connectivity index (χ1v) is 7.86. The highest BCUT2D eigenvalue weighted by Gasteiger charge is 2.21. The fourth-order valence-electron chi connectivity index (χ4n) is 2.70. The Morgan fingerprint density at radius 3 is 2.16 bits per heavy atom. The largest absolute Gasteiger partial charge is 0.354 e. The summed E-state index contributed by atoms with van der Waals surface area (Å²) in [6.07, 6.45) is 1.87. The van der Waals surface area contributed by atoms with Crippen molar-refractivity contribution in [3.05, 3.63) is 0 Å². The monoisotopic (exact) mass is 269 g/mol. The van der Waals surface area contributed by atoms with Crippen LogP contribution in [0.5, 0.6) is 0 Å². The molecule has 19 heavy (non-hydrogen) atoms. The normalized spacial score (nSPS) is 19.6. The molecular weight excluding hydrogens is 238 g/mol. The van der Waals surface area contributed by atoms with Gasteiger partial charge in [0.25, 0.3) is 0 Å².